The summed E-state index contributed by atoms with van der Waals surface area (Å²) >= 11 is 0. The Kier molecular flexibility index (Phi) is 5.42. The lowest BCUT2D eigenvalue weighted by Gasteiger charge is -2.26. The molecule has 1 heterocycles. The van der Waals surface area contributed by atoms with Crippen LogP contribution in [0.5, 0.6) is 0 Å². The second kappa shape index (κ2) is 7.56. The molecule has 2 aromatic rings. The maximum Gasteiger partial charge on any atom is 0.243 e. The summed E-state index contributed by atoms with van der Waals surface area (Å²) in [5.74, 6) is 0. The molecule has 0 unspecified atom stereocenters. The van der Waals surface area contributed by atoms with E-state index < -0.39 is 10.0 Å². The molecule has 25 heavy (non-hydrogen) atoms. The molecular weight excluding hydrogens is 336 g/mol. The monoisotopic (exact) mass is 360 g/mol. The van der Waals surface area contributed by atoms with Crippen LogP contribution >= 0.6 is 0 Å². The molecule has 6 heteroatoms. The first kappa shape index (κ1) is 17.9. The smallest absolute Gasteiger partial charge is 0.243 e. The normalized spacial score (nSPS) is 15.9. The van der Waals surface area contributed by atoms with Crippen molar-refractivity contribution in [1.29, 1.82) is 0 Å². The van der Waals surface area contributed by atoms with E-state index in [4.69, 9.17) is 4.74 Å². The van der Waals surface area contributed by atoms with Gasteiger partial charge in [-0.1, -0.05) is 29.8 Å². The Labute approximate surface area is 149 Å². The van der Waals surface area contributed by atoms with Gasteiger partial charge in [0.25, 0.3) is 0 Å². The molecule has 0 bridgehead atoms. The molecule has 0 saturated carbocycles. The van der Waals surface area contributed by atoms with Gasteiger partial charge in [-0.2, -0.15) is 4.31 Å². The zero-order valence-corrected chi connectivity index (χ0v) is 15.5. The maximum atomic E-state index is 12.8. The first-order valence-electron chi connectivity index (χ1n) is 8.45. The number of ether oxygens (including phenoxy) is 1. The van der Waals surface area contributed by atoms with Crippen molar-refractivity contribution in [2.75, 3.05) is 31.6 Å². The number of nitrogens with one attached hydrogen (secondary N) is 1. The first-order chi connectivity index (χ1) is 12.0. The quantitative estimate of drug-likeness (QED) is 0.891. The van der Waals surface area contributed by atoms with E-state index in [0.29, 0.717) is 37.7 Å². The van der Waals surface area contributed by atoms with Gasteiger partial charge in [0.15, 0.2) is 0 Å². The standard InChI is InChI=1S/C19H24N2O3S/c1-15-6-7-16(2)17(12-15)14-20-18-4-3-5-19(13-18)25(22,23)21-8-10-24-11-9-21/h3-7,12-13,20H,8-11,14H2,1-2H3. The Balaban J connectivity index is 1.76. The lowest BCUT2D eigenvalue weighted by atomic mass is 10.1. The topological polar surface area (TPSA) is 58.6 Å². The average molecular weight is 360 g/mol. The molecule has 1 saturated heterocycles. The van der Waals surface area contributed by atoms with Gasteiger partial charge in [-0.3, -0.25) is 0 Å². The highest BCUT2D eigenvalue weighted by atomic mass is 32.2. The van der Waals surface area contributed by atoms with Crippen molar-refractivity contribution in [3.05, 3.63) is 59.2 Å². The Hall–Kier alpha value is -1.89. The summed E-state index contributed by atoms with van der Waals surface area (Å²) in [6.07, 6.45) is 0. The van der Waals surface area contributed by atoms with E-state index >= 15 is 0 Å². The fraction of sp³-hybridized carbons (Fsp3) is 0.368. The third kappa shape index (κ3) is 4.21. The van der Waals surface area contributed by atoms with Gasteiger partial charge in [-0.25, -0.2) is 8.42 Å². The third-order valence-electron chi connectivity index (χ3n) is 4.43. The zero-order valence-electron chi connectivity index (χ0n) is 14.7. The van der Waals surface area contributed by atoms with Gasteiger partial charge < -0.3 is 10.1 Å². The van der Waals surface area contributed by atoms with E-state index in [1.54, 1.807) is 18.2 Å². The molecule has 134 valence electrons. The molecule has 0 spiro atoms. The Morgan fingerprint density at radius 3 is 2.60 bits per heavy atom. The molecule has 0 aliphatic carbocycles. The number of aryl methyl sites for hydroxylation is 2. The van der Waals surface area contributed by atoms with Crippen LogP contribution in [0.2, 0.25) is 0 Å². The van der Waals surface area contributed by atoms with Crippen LogP contribution in [-0.4, -0.2) is 39.0 Å². The number of benzene rings is 2. The molecule has 1 aliphatic heterocycles. The van der Waals surface area contributed by atoms with Gasteiger partial charge in [0, 0.05) is 25.3 Å². The summed E-state index contributed by atoms with van der Waals surface area (Å²) in [5, 5.41) is 3.34. The van der Waals surface area contributed by atoms with E-state index in [9.17, 15) is 8.42 Å². The first-order valence-corrected chi connectivity index (χ1v) is 9.89. The number of sulfonamides is 1. The van der Waals surface area contributed by atoms with E-state index in [1.165, 1.54) is 21.0 Å². The Morgan fingerprint density at radius 2 is 1.84 bits per heavy atom. The number of hydrogen-bond donors (Lipinski definition) is 1. The summed E-state index contributed by atoms with van der Waals surface area (Å²) in [6.45, 7) is 6.52. The van der Waals surface area contributed by atoms with Crippen molar-refractivity contribution >= 4 is 15.7 Å². The second-order valence-corrected chi connectivity index (χ2v) is 8.27. The van der Waals surface area contributed by atoms with Gasteiger partial charge >= 0.3 is 0 Å². The molecule has 1 fully saturated rings. The zero-order chi connectivity index (χ0) is 17.9. The summed E-state index contributed by atoms with van der Waals surface area (Å²) < 4.78 is 32.2. The van der Waals surface area contributed by atoms with Gasteiger partial charge in [0.2, 0.25) is 10.0 Å². The fourth-order valence-corrected chi connectivity index (χ4v) is 4.34. The van der Waals surface area contributed by atoms with E-state index in [2.05, 4.69) is 37.4 Å². The van der Waals surface area contributed by atoms with Gasteiger partial charge in [-0.05, 0) is 43.2 Å². The van der Waals surface area contributed by atoms with E-state index in [1.807, 2.05) is 6.07 Å². The molecule has 0 amide bonds. The van der Waals surface area contributed by atoms with Crippen molar-refractivity contribution in [1.82, 2.24) is 4.31 Å². The van der Waals surface area contributed by atoms with Crippen molar-refractivity contribution in [3.8, 4) is 0 Å². The SMILES string of the molecule is Cc1ccc(C)c(CNc2cccc(S(=O)(=O)N3CCOCC3)c2)c1. The van der Waals surface area contributed by atoms with E-state index in [-0.39, 0.29) is 0 Å². The number of hydrogen-bond acceptors (Lipinski definition) is 4. The molecule has 0 radical (unpaired) electrons. The third-order valence-corrected chi connectivity index (χ3v) is 6.32. The van der Waals surface area contributed by atoms with Crippen LogP contribution in [0, 0.1) is 13.8 Å². The number of nitrogens with zero attached hydrogens (tertiary/aromatic N) is 1. The van der Waals surface area contributed by atoms with Gasteiger partial charge in [-0.15, -0.1) is 0 Å². The number of anilines is 1. The molecule has 0 aromatic heterocycles. The minimum atomic E-state index is -3.47. The van der Waals surface area contributed by atoms with Crippen LogP contribution < -0.4 is 5.32 Å². The largest absolute Gasteiger partial charge is 0.381 e. The summed E-state index contributed by atoms with van der Waals surface area (Å²) in [4.78, 5) is 0.320. The highest BCUT2D eigenvalue weighted by Crippen LogP contribution is 2.21. The number of morpholine rings is 1. The van der Waals surface area contributed by atoms with Crippen LogP contribution in [0.4, 0.5) is 5.69 Å². The molecule has 1 N–H and O–H groups in total. The van der Waals surface area contributed by atoms with Crippen molar-refractivity contribution in [2.45, 2.75) is 25.3 Å². The van der Waals surface area contributed by atoms with Crippen LogP contribution in [0.3, 0.4) is 0 Å². The van der Waals surface area contributed by atoms with Crippen LogP contribution in [0.25, 0.3) is 0 Å². The van der Waals surface area contributed by atoms with E-state index in [0.717, 1.165) is 5.69 Å². The van der Waals surface area contributed by atoms with Crippen molar-refractivity contribution in [2.24, 2.45) is 0 Å². The molecule has 5 nitrogen and oxygen atoms in total. The Morgan fingerprint density at radius 1 is 1.08 bits per heavy atom. The summed E-state index contributed by atoms with van der Waals surface area (Å²) in [7, 11) is -3.47. The van der Waals surface area contributed by atoms with Gasteiger partial charge in [0.05, 0.1) is 18.1 Å². The molecular formula is C19H24N2O3S. The lowest BCUT2D eigenvalue weighted by molar-refractivity contribution is 0.0730. The lowest BCUT2D eigenvalue weighted by Crippen LogP contribution is -2.40. The molecule has 0 atom stereocenters. The summed E-state index contributed by atoms with van der Waals surface area (Å²) in [5.41, 5.74) is 4.44. The second-order valence-electron chi connectivity index (χ2n) is 6.33. The minimum absolute atomic E-state index is 0.320. The highest BCUT2D eigenvalue weighted by Gasteiger charge is 2.26. The van der Waals surface area contributed by atoms with Crippen molar-refractivity contribution in [3.63, 3.8) is 0 Å². The average Bonchev–Trinajstić information content (AvgIpc) is 2.63. The maximum absolute atomic E-state index is 12.8. The molecule has 1 aliphatic rings. The molecule has 2 aromatic carbocycles. The summed E-state index contributed by atoms with van der Waals surface area (Å²) in [6, 6.07) is 13.4. The van der Waals surface area contributed by atoms with Crippen LogP contribution in [0.1, 0.15) is 16.7 Å². The van der Waals surface area contributed by atoms with Crippen LogP contribution in [-0.2, 0) is 21.3 Å². The number of rotatable bonds is 5. The highest BCUT2D eigenvalue weighted by molar-refractivity contribution is 7.89. The van der Waals surface area contributed by atoms with Gasteiger partial charge in [0.1, 0.15) is 0 Å². The van der Waals surface area contributed by atoms with Crippen molar-refractivity contribution < 1.29 is 13.2 Å². The van der Waals surface area contributed by atoms with Crippen LogP contribution in [0.15, 0.2) is 47.4 Å². The predicted octanol–water partition coefficient (Wildman–Crippen LogP) is 2.94. The molecule has 3 rings (SSSR count). The fourth-order valence-electron chi connectivity index (χ4n) is 2.89. The predicted molar refractivity (Wildman–Crippen MR) is 99.3 cm³/mol. The Bertz CT molecular complexity index is 843. The minimum Gasteiger partial charge on any atom is -0.381 e.